The highest BCUT2D eigenvalue weighted by Gasteiger charge is 2.00. The molecule has 0 aromatic heterocycles. The Morgan fingerprint density at radius 3 is 1.38 bits per heavy atom. The van der Waals surface area contributed by atoms with Crippen LogP contribution in [0.15, 0.2) is 0 Å². The van der Waals surface area contributed by atoms with Crippen LogP contribution in [-0.4, -0.2) is 22.2 Å². The van der Waals surface area contributed by atoms with Gasteiger partial charge in [-0.1, -0.05) is 0 Å². The predicted molar refractivity (Wildman–Crippen MR) is 24.5 cm³/mol. The SMILES string of the molecule is O=C(O)CC[13C](=O)O. The van der Waals surface area contributed by atoms with E-state index in [-0.39, 0.29) is 12.8 Å². The van der Waals surface area contributed by atoms with Crippen molar-refractivity contribution in [2.45, 2.75) is 12.8 Å². The maximum Gasteiger partial charge on any atom is 0.303 e. The first-order chi connectivity index (χ1) is 3.63. The molecule has 0 bridgehead atoms. The maximum absolute atomic E-state index is 9.64. The Balaban J connectivity index is 3.18. The first kappa shape index (κ1) is 6.94. The van der Waals surface area contributed by atoms with Gasteiger partial charge < -0.3 is 10.2 Å². The number of aliphatic carboxylic acids is 2. The monoisotopic (exact) mass is 119 g/mol. The van der Waals surface area contributed by atoms with Crippen molar-refractivity contribution in [3.63, 3.8) is 0 Å². The second-order valence-electron chi connectivity index (χ2n) is 1.29. The van der Waals surface area contributed by atoms with E-state index in [1.807, 2.05) is 0 Å². The zero-order chi connectivity index (χ0) is 6.57. The number of hydrogen-bond acceptors (Lipinski definition) is 2. The van der Waals surface area contributed by atoms with Crippen LogP contribution in [0, 0.1) is 0 Å². The van der Waals surface area contributed by atoms with Crippen LogP contribution < -0.4 is 0 Å². The van der Waals surface area contributed by atoms with E-state index in [2.05, 4.69) is 0 Å². The molecule has 0 aromatic rings. The summed E-state index contributed by atoms with van der Waals surface area (Å²) in [4.78, 5) is 19.3. The molecule has 0 unspecified atom stereocenters. The molecule has 0 radical (unpaired) electrons. The fourth-order valence-electron chi connectivity index (χ4n) is 0.214. The van der Waals surface area contributed by atoms with Crippen molar-refractivity contribution < 1.29 is 19.8 Å². The molecule has 0 amide bonds. The van der Waals surface area contributed by atoms with E-state index < -0.39 is 11.9 Å². The van der Waals surface area contributed by atoms with Gasteiger partial charge in [0, 0.05) is 0 Å². The summed E-state index contributed by atoms with van der Waals surface area (Å²) in [5.74, 6) is -2.15. The predicted octanol–water partition coefficient (Wildman–Crippen LogP) is -0.0642. The molecule has 0 fully saturated rings. The summed E-state index contributed by atoms with van der Waals surface area (Å²) in [6.07, 6.45) is -0.593. The van der Waals surface area contributed by atoms with Crippen LogP contribution in [-0.2, 0) is 9.59 Å². The molecule has 0 aliphatic carbocycles. The van der Waals surface area contributed by atoms with E-state index in [1.54, 1.807) is 0 Å². The van der Waals surface area contributed by atoms with Gasteiger partial charge in [-0.05, 0) is 0 Å². The van der Waals surface area contributed by atoms with Crippen LogP contribution in [0.5, 0.6) is 0 Å². The smallest absolute Gasteiger partial charge is 0.303 e. The summed E-state index contributed by atoms with van der Waals surface area (Å²) < 4.78 is 0. The third-order valence-corrected chi connectivity index (χ3v) is 0.553. The normalized spacial score (nSPS) is 8.50. The second-order valence-corrected chi connectivity index (χ2v) is 1.29. The molecule has 0 aliphatic heterocycles. The summed E-state index contributed by atoms with van der Waals surface area (Å²) >= 11 is 0. The van der Waals surface area contributed by atoms with Gasteiger partial charge in [0.25, 0.3) is 0 Å². The standard InChI is InChI=1S/C4H6O4/c5-3(6)1-2-4(7)8/h1-2H2,(H,5,6)(H,7,8)/i3+1. The van der Waals surface area contributed by atoms with Crippen molar-refractivity contribution in [3.05, 3.63) is 0 Å². The molecule has 0 heterocycles. The molecular weight excluding hydrogens is 113 g/mol. The third-order valence-electron chi connectivity index (χ3n) is 0.553. The van der Waals surface area contributed by atoms with Crippen LogP contribution in [0.4, 0.5) is 0 Å². The minimum Gasteiger partial charge on any atom is -0.481 e. The topological polar surface area (TPSA) is 74.6 Å². The minimum absolute atomic E-state index is 0.296. The number of carboxylic acid groups (broad SMARTS) is 2. The Labute approximate surface area is 45.7 Å². The van der Waals surface area contributed by atoms with Gasteiger partial charge in [0.2, 0.25) is 0 Å². The molecule has 0 atom stereocenters. The molecule has 2 N–H and O–H groups in total. The Hall–Kier alpha value is -1.06. The maximum atomic E-state index is 9.64. The van der Waals surface area contributed by atoms with Crippen molar-refractivity contribution in [3.8, 4) is 0 Å². The summed E-state index contributed by atoms with van der Waals surface area (Å²) in [6.45, 7) is 0. The average molecular weight is 119 g/mol. The van der Waals surface area contributed by atoms with Crippen LogP contribution in [0.2, 0.25) is 0 Å². The van der Waals surface area contributed by atoms with E-state index >= 15 is 0 Å². The first-order valence-electron chi connectivity index (χ1n) is 2.06. The van der Waals surface area contributed by atoms with Gasteiger partial charge in [0.15, 0.2) is 0 Å². The molecule has 8 heavy (non-hydrogen) atoms. The lowest BCUT2D eigenvalue weighted by Crippen LogP contribution is -2.00. The van der Waals surface area contributed by atoms with Crippen LogP contribution >= 0.6 is 0 Å². The van der Waals surface area contributed by atoms with Gasteiger partial charge in [-0.2, -0.15) is 0 Å². The van der Waals surface area contributed by atoms with Crippen molar-refractivity contribution >= 4 is 11.9 Å². The number of rotatable bonds is 3. The lowest BCUT2D eigenvalue weighted by Gasteiger charge is -1.85. The Bertz CT molecular complexity index is 92.6. The van der Waals surface area contributed by atoms with E-state index in [0.29, 0.717) is 0 Å². The molecule has 4 nitrogen and oxygen atoms in total. The van der Waals surface area contributed by atoms with Crippen LogP contribution in [0.3, 0.4) is 0 Å². The fourth-order valence-corrected chi connectivity index (χ4v) is 0.214. The summed E-state index contributed by atoms with van der Waals surface area (Å²) in [7, 11) is 0. The van der Waals surface area contributed by atoms with Gasteiger partial charge in [-0.25, -0.2) is 0 Å². The van der Waals surface area contributed by atoms with Crippen LogP contribution in [0.1, 0.15) is 12.8 Å². The molecule has 0 aliphatic rings. The lowest BCUT2D eigenvalue weighted by molar-refractivity contribution is -0.143. The summed E-state index contributed by atoms with van der Waals surface area (Å²) in [5, 5.41) is 15.8. The number of carbonyl (C=O) groups is 2. The van der Waals surface area contributed by atoms with Crippen molar-refractivity contribution in [1.29, 1.82) is 0 Å². The molecule has 46 valence electrons. The van der Waals surface area contributed by atoms with Gasteiger partial charge in [-0.3, -0.25) is 9.59 Å². The highest BCUT2D eigenvalue weighted by Crippen LogP contribution is 1.85. The molecule has 0 saturated carbocycles. The molecule has 0 aromatic carbocycles. The zero-order valence-electron chi connectivity index (χ0n) is 4.13. The molecule has 0 saturated heterocycles. The Kier molecular flexibility index (Phi) is 2.61. The average Bonchev–Trinajstić information content (AvgIpc) is 1.61. The lowest BCUT2D eigenvalue weighted by atomic mass is 10.4. The number of hydrogen-bond donors (Lipinski definition) is 2. The quantitative estimate of drug-likeness (QED) is 0.510. The van der Waals surface area contributed by atoms with Crippen LogP contribution in [0.25, 0.3) is 0 Å². The molecular formula is C4H6O4. The third kappa shape index (κ3) is 4.94. The largest absolute Gasteiger partial charge is 0.481 e. The van der Waals surface area contributed by atoms with E-state index in [9.17, 15) is 9.59 Å². The molecule has 0 spiro atoms. The van der Waals surface area contributed by atoms with E-state index in [4.69, 9.17) is 10.2 Å². The Morgan fingerprint density at radius 1 is 1.00 bits per heavy atom. The van der Waals surface area contributed by atoms with Gasteiger partial charge in [0.1, 0.15) is 0 Å². The van der Waals surface area contributed by atoms with Gasteiger partial charge >= 0.3 is 11.9 Å². The number of carboxylic acids is 2. The summed E-state index contributed by atoms with van der Waals surface area (Å²) in [5.41, 5.74) is 0. The molecule has 4 heteroatoms. The Morgan fingerprint density at radius 2 is 1.25 bits per heavy atom. The van der Waals surface area contributed by atoms with Gasteiger partial charge in [-0.15, -0.1) is 0 Å². The summed E-state index contributed by atoms with van der Waals surface area (Å²) in [6, 6.07) is 0. The van der Waals surface area contributed by atoms with Gasteiger partial charge in [0.05, 0.1) is 12.8 Å². The van der Waals surface area contributed by atoms with Crippen molar-refractivity contribution in [2.24, 2.45) is 0 Å². The van der Waals surface area contributed by atoms with Crippen molar-refractivity contribution in [2.75, 3.05) is 0 Å². The minimum atomic E-state index is -1.08. The first-order valence-corrected chi connectivity index (χ1v) is 2.06. The zero-order valence-corrected chi connectivity index (χ0v) is 4.13. The van der Waals surface area contributed by atoms with Crippen molar-refractivity contribution in [1.82, 2.24) is 0 Å². The highest BCUT2D eigenvalue weighted by atomic mass is 16.5. The molecule has 0 rings (SSSR count). The fraction of sp³-hybridized carbons (Fsp3) is 0.500. The second kappa shape index (κ2) is 3.01. The van der Waals surface area contributed by atoms with E-state index in [0.717, 1.165) is 0 Å². The highest BCUT2D eigenvalue weighted by molar-refractivity contribution is 5.75. The van der Waals surface area contributed by atoms with E-state index in [1.165, 1.54) is 0 Å².